The first-order chi connectivity index (χ1) is 15.6. The number of ether oxygens (including phenoxy) is 3. The third-order valence-electron chi connectivity index (χ3n) is 5.54. The van der Waals surface area contributed by atoms with Crippen molar-refractivity contribution in [3.63, 3.8) is 0 Å². The Balaban J connectivity index is 1.40. The highest BCUT2D eigenvalue weighted by molar-refractivity contribution is 9.10. The number of esters is 1. The summed E-state index contributed by atoms with van der Waals surface area (Å²) in [6.07, 6.45) is 0.614. The molecule has 2 heterocycles. The van der Waals surface area contributed by atoms with Gasteiger partial charge in [0.1, 0.15) is 24.0 Å². The van der Waals surface area contributed by atoms with Crippen LogP contribution in [0.15, 0.2) is 40.9 Å². The van der Waals surface area contributed by atoms with Crippen LogP contribution >= 0.6 is 15.9 Å². The maximum atomic E-state index is 12.7. The predicted molar refractivity (Wildman–Crippen MR) is 125 cm³/mol. The van der Waals surface area contributed by atoms with E-state index in [1.165, 1.54) is 4.90 Å². The molecule has 0 spiro atoms. The van der Waals surface area contributed by atoms with Gasteiger partial charge in [-0.05, 0) is 69.0 Å². The van der Waals surface area contributed by atoms with Gasteiger partial charge in [-0.25, -0.2) is 9.59 Å². The van der Waals surface area contributed by atoms with Crippen LogP contribution in [0.25, 0.3) is 11.1 Å². The van der Waals surface area contributed by atoms with E-state index in [0.717, 1.165) is 26.9 Å². The Morgan fingerprint density at radius 2 is 1.88 bits per heavy atom. The number of hydrogen-bond donors (Lipinski definition) is 0. The molecule has 0 radical (unpaired) electrons. The molecule has 0 N–H and O–H groups in total. The van der Waals surface area contributed by atoms with Crippen LogP contribution in [0.1, 0.15) is 49.5 Å². The van der Waals surface area contributed by atoms with E-state index in [-0.39, 0.29) is 12.4 Å². The summed E-state index contributed by atoms with van der Waals surface area (Å²) in [5.74, 6) is -0.113. The van der Waals surface area contributed by atoms with Crippen molar-refractivity contribution in [2.45, 2.75) is 51.9 Å². The lowest BCUT2D eigenvalue weighted by molar-refractivity contribution is -0.147. The summed E-state index contributed by atoms with van der Waals surface area (Å²) in [5.41, 5.74) is 2.66. The van der Waals surface area contributed by atoms with Crippen LogP contribution < -0.4 is 4.74 Å². The van der Waals surface area contributed by atoms with E-state index >= 15 is 0 Å². The maximum absolute atomic E-state index is 12.7. The molecule has 2 aromatic carbocycles. The normalized spacial score (nSPS) is 17.0. The molecule has 8 heteroatoms. The average molecular weight is 516 g/mol. The van der Waals surface area contributed by atoms with Gasteiger partial charge >= 0.3 is 12.1 Å². The number of benzene rings is 2. The lowest BCUT2D eigenvalue weighted by atomic mass is 9.94. The third-order valence-corrected chi connectivity index (χ3v) is 6.04. The largest absolute Gasteiger partial charge is 0.488 e. The molecular weight excluding hydrogens is 490 g/mol. The highest BCUT2D eigenvalue weighted by Crippen LogP contribution is 2.39. The molecule has 0 bridgehead atoms. The second kappa shape index (κ2) is 9.17. The summed E-state index contributed by atoms with van der Waals surface area (Å²) in [6.45, 7) is 5.70. The first-order valence-electron chi connectivity index (χ1n) is 10.9. The van der Waals surface area contributed by atoms with Gasteiger partial charge in [0.05, 0.1) is 0 Å². The van der Waals surface area contributed by atoms with Gasteiger partial charge in [-0.1, -0.05) is 28.1 Å². The number of carbonyl (C=O) groups excluding carboxylic acids is 3. The van der Waals surface area contributed by atoms with Gasteiger partial charge in [-0.3, -0.25) is 9.69 Å². The van der Waals surface area contributed by atoms with Crippen molar-refractivity contribution in [2.75, 3.05) is 13.2 Å². The molecular formula is C25H26BrNO6. The number of Topliss-reactive ketones (excluding diaryl/α,β-unsaturated/α-hetero) is 1. The summed E-state index contributed by atoms with van der Waals surface area (Å²) >= 11 is 3.44. The summed E-state index contributed by atoms with van der Waals surface area (Å²) in [5, 5.41) is 0. The molecule has 1 amide bonds. The SMILES string of the molecule is CC(C)(C)OC(=O)N1CCCC1C(=O)OCC(=O)c1ccc2c(c1)COc1cc(Br)ccc1-2. The van der Waals surface area contributed by atoms with E-state index in [1.54, 1.807) is 32.9 Å². The number of rotatable bonds is 4. The van der Waals surface area contributed by atoms with E-state index in [9.17, 15) is 14.4 Å². The second-order valence-corrected chi connectivity index (χ2v) is 10.1. The molecule has 7 nitrogen and oxygen atoms in total. The zero-order valence-corrected chi connectivity index (χ0v) is 20.4. The van der Waals surface area contributed by atoms with Gasteiger partial charge in [-0.15, -0.1) is 0 Å². The van der Waals surface area contributed by atoms with Crippen molar-refractivity contribution < 1.29 is 28.6 Å². The Hall–Kier alpha value is -2.87. The zero-order chi connectivity index (χ0) is 23.8. The number of amides is 1. The van der Waals surface area contributed by atoms with Gasteiger partial charge in [0.25, 0.3) is 0 Å². The number of likely N-dealkylation sites (tertiary alicyclic amines) is 1. The fourth-order valence-corrected chi connectivity index (χ4v) is 4.35. The molecule has 0 aromatic heterocycles. The lowest BCUT2D eigenvalue weighted by Gasteiger charge is -2.27. The third kappa shape index (κ3) is 5.21. The molecule has 0 aliphatic carbocycles. The van der Waals surface area contributed by atoms with Gasteiger partial charge in [0.2, 0.25) is 0 Å². The summed E-state index contributed by atoms with van der Waals surface area (Å²) in [4.78, 5) is 39.1. The van der Waals surface area contributed by atoms with Crippen LogP contribution in [0.4, 0.5) is 4.79 Å². The van der Waals surface area contributed by atoms with Crippen molar-refractivity contribution in [1.82, 2.24) is 4.90 Å². The van der Waals surface area contributed by atoms with E-state index in [4.69, 9.17) is 14.2 Å². The molecule has 1 saturated heterocycles. The fraction of sp³-hybridized carbons (Fsp3) is 0.400. The van der Waals surface area contributed by atoms with Gasteiger partial charge in [-0.2, -0.15) is 0 Å². The van der Waals surface area contributed by atoms with Crippen LogP contribution in [0.3, 0.4) is 0 Å². The number of nitrogens with zero attached hydrogens (tertiary/aromatic N) is 1. The summed E-state index contributed by atoms with van der Waals surface area (Å²) in [7, 11) is 0. The van der Waals surface area contributed by atoms with Crippen LogP contribution in [-0.2, 0) is 20.9 Å². The Morgan fingerprint density at radius 3 is 2.64 bits per heavy atom. The minimum absolute atomic E-state index is 0.311. The van der Waals surface area contributed by atoms with Crippen molar-refractivity contribution in [3.8, 4) is 16.9 Å². The number of halogens is 1. The van der Waals surface area contributed by atoms with E-state index in [1.807, 2.05) is 24.3 Å². The van der Waals surface area contributed by atoms with E-state index in [2.05, 4.69) is 15.9 Å². The monoisotopic (exact) mass is 515 g/mol. The Labute approximate surface area is 201 Å². The first-order valence-corrected chi connectivity index (χ1v) is 11.7. The van der Waals surface area contributed by atoms with Crippen LogP contribution in [-0.4, -0.2) is 47.5 Å². The number of hydrogen-bond acceptors (Lipinski definition) is 6. The minimum Gasteiger partial charge on any atom is -0.488 e. The van der Waals surface area contributed by atoms with Gasteiger partial charge in [0.15, 0.2) is 12.4 Å². The number of carbonyl (C=O) groups is 3. The topological polar surface area (TPSA) is 82.1 Å². The summed E-state index contributed by atoms with van der Waals surface area (Å²) < 4.78 is 17.4. The zero-order valence-electron chi connectivity index (χ0n) is 18.9. The molecule has 2 aliphatic heterocycles. The molecule has 2 aliphatic rings. The molecule has 1 atom stereocenters. The molecule has 2 aromatic rings. The van der Waals surface area contributed by atoms with Gasteiger partial charge < -0.3 is 14.2 Å². The number of ketones is 1. The Kier molecular flexibility index (Phi) is 6.47. The standard InChI is InChI=1S/C25H26BrNO6/c1-25(2,3)33-24(30)27-10-4-5-20(27)23(29)32-14-21(28)15-6-8-18-16(11-15)13-31-22-12-17(26)7-9-19(18)22/h6-9,11-12,20H,4-5,10,13-14H2,1-3H3. The molecule has 1 unspecified atom stereocenters. The second-order valence-electron chi connectivity index (χ2n) is 9.16. The molecule has 0 saturated carbocycles. The first kappa shape index (κ1) is 23.3. The maximum Gasteiger partial charge on any atom is 0.411 e. The van der Waals surface area contributed by atoms with Crippen molar-refractivity contribution in [3.05, 3.63) is 52.0 Å². The fourth-order valence-electron chi connectivity index (χ4n) is 4.01. The van der Waals surface area contributed by atoms with E-state index in [0.29, 0.717) is 31.6 Å². The smallest absolute Gasteiger partial charge is 0.411 e. The van der Waals surface area contributed by atoms with Gasteiger partial charge in [0, 0.05) is 22.1 Å². The molecule has 4 rings (SSSR count). The van der Waals surface area contributed by atoms with Crippen molar-refractivity contribution in [1.29, 1.82) is 0 Å². The number of fused-ring (bicyclic) bond motifs is 3. The average Bonchev–Trinajstić information content (AvgIpc) is 3.25. The molecule has 174 valence electrons. The summed E-state index contributed by atoms with van der Waals surface area (Å²) in [6, 6.07) is 10.5. The molecule has 33 heavy (non-hydrogen) atoms. The van der Waals surface area contributed by atoms with Crippen molar-refractivity contribution in [2.24, 2.45) is 0 Å². The Bertz CT molecular complexity index is 1110. The predicted octanol–water partition coefficient (Wildman–Crippen LogP) is 5.13. The van der Waals surface area contributed by atoms with Crippen LogP contribution in [0.2, 0.25) is 0 Å². The van der Waals surface area contributed by atoms with Crippen LogP contribution in [0.5, 0.6) is 5.75 Å². The molecule has 1 fully saturated rings. The highest BCUT2D eigenvalue weighted by atomic mass is 79.9. The van der Waals surface area contributed by atoms with Crippen molar-refractivity contribution >= 4 is 33.8 Å². The quantitative estimate of drug-likeness (QED) is 0.414. The van der Waals surface area contributed by atoms with Crippen LogP contribution in [0, 0.1) is 0 Å². The highest BCUT2D eigenvalue weighted by Gasteiger charge is 2.37. The minimum atomic E-state index is -0.736. The Morgan fingerprint density at radius 1 is 1.12 bits per heavy atom. The van der Waals surface area contributed by atoms with E-state index < -0.39 is 23.7 Å². The lowest BCUT2D eigenvalue weighted by Crippen LogP contribution is -2.44.